The molecule has 2 aromatic carbocycles. The highest BCUT2D eigenvalue weighted by Gasteiger charge is 2.38. The van der Waals surface area contributed by atoms with Crippen molar-refractivity contribution in [3.8, 4) is 0 Å². The Morgan fingerprint density at radius 2 is 0.846 bits per heavy atom. The molecule has 0 aliphatic heterocycles. The van der Waals surface area contributed by atoms with E-state index in [4.69, 9.17) is 0 Å². The third-order valence-electron chi connectivity index (χ3n) is 5.20. The van der Waals surface area contributed by atoms with E-state index in [0.717, 1.165) is 0 Å². The highest BCUT2D eigenvalue weighted by atomic mass is 32.1. The van der Waals surface area contributed by atoms with E-state index in [1.165, 1.54) is 54.3 Å². The Morgan fingerprint density at radius 3 is 1.27 bits per heavy atom. The summed E-state index contributed by atoms with van der Waals surface area (Å²) in [6.45, 7) is 0. The highest BCUT2D eigenvalue weighted by Crippen LogP contribution is 2.60. The number of hydrogen-bond acceptors (Lipinski definition) is 2. The van der Waals surface area contributed by atoms with Crippen LogP contribution in [-0.4, -0.2) is 0 Å². The molecule has 26 heavy (non-hydrogen) atoms. The Hall–Kier alpha value is -2.68. The molecule has 0 saturated heterocycles. The van der Waals surface area contributed by atoms with Crippen LogP contribution in [0.1, 0.15) is 32.0 Å². The topological polar surface area (TPSA) is 0 Å². The van der Waals surface area contributed by atoms with Gasteiger partial charge in [-0.05, 0) is 45.2 Å². The molecule has 6 rings (SSSR count). The van der Waals surface area contributed by atoms with E-state index in [2.05, 4.69) is 83.6 Å². The summed E-state index contributed by atoms with van der Waals surface area (Å²) >= 11 is 3.73. The minimum Gasteiger partial charge on any atom is -0.143 e. The molecule has 122 valence electrons. The smallest absolute Gasteiger partial charge is 0.0434 e. The molecule has 2 heterocycles. The van der Waals surface area contributed by atoms with Crippen LogP contribution < -0.4 is 0 Å². The van der Waals surface area contributed by atoms with Gasteiger partial charge in [0, 0.05) is 32.0 Å². The normalized spacial score (nSPS) is 14.6. The first-order chi connectivity index (χ1) is 12.9. The van der Waals surface area contributed by atoms with Gasteiger partial charge in [-0.1, -0.05) is 60.7 Å². The van der Waals surface area contributed by atoms with Crippen molar-refractivity contribution in [1.82, 2.24) is 0 Å². The zero-order chi connectivity index (χ0) is 17.1. The Bertz CT molecular complexity index is 1100. The largest absolute Gasteiger partial charge is 0.143 e. The first-order valence-corrected chi connectivity index (χ1v) is 10.5. The SMILES string of the molecule is c1ccc(C2=C3C(=C(c4ccccc4)c4ccsc43)c3sccc32)cc1. The van der Waals surface area contributed by atoms with Crippen molar-refractivity contribution >= 4 is 45.0 Å². The molecule has 2 aliphatic carbocycles. The standard InChI is InChI=1S/C24H14S2/c1-3-7-15(8-4-1)19-17-11-13-25-23(17)22-20(16-9-5-2-6-10-16)18-12-14-26-24(18)21(19)22/h1-14H. The predicted octanol–water partition coefficient (Wildman–Crippen LogP) is 7.05. The monoisotopic (exact) mass is 366 g/mol. The van der Waals surface area contributed by atoms with E-state index < -0.39 is 0 Å². The van der Waals surface area contributed by atoms with Gasteiger partial charge in [0.25, 0.3) is 0 Å². The van der Waals surface area contributed by atoms with Crippen LogP contribution in [-0.2, 0) is 0 Å². The van der Waals surface area contributed by atoms with E-state index in [0.29, 0.717) is 0 Å². The maximum Gasteiger partial charge on any atom is 0.0434 e. The summed E-state index contributed by atoms with van der Waals surface area (Å²) in [6, 6.07) is 26.3. The van der Waals surface area contributed by atoms with Gasteiger partial charge in [0.05, 0.1) is 0 Å². The van der Waals surface area contributed by atoms with Crippen molar-refractivity contribution in [2.45, 2.75) is 0 Å². The molecule has 0 bridgehead atoms. The second-order valence-electron chi connectivity index (χ2n) is 6.56. The lowest BCUT2D eigenvalue weighted by Gasteiger charge is -2.06. The third kappa shape index (κ3) is 1.83. The van der Waals surface area contributed by atoms with E-state index in [1.54, 1.807) is 0 Å². The van der Waals surface area contributed by atoms with Crippen LogP contribution in [0.2, 0.25) is 0 Å². The fourth-order valence-electron chi connectivity index (χ4n) is 4.18. The molecular formula is C24H14S2. The van der Waals surface area contributed by atoms with Crippen LogP contribution in [0.4, 0.5) is 0 Å². The Kier molecular flexibility index (Phi) is 3.01. The quantitative estimate of drug-likeness (QED) is 0.356. The van der Waals surface area contributed by atoms with Gasteiger partial charge in [0.15, 0.2) is 0 Å². The van der Waals surface area contributed by atoms with Crippen LogP contribution in [0, 0.1) is 0 Å². The molecule has 0 unspecified atom stereocenters. The van der Waals surface area contributed by atoms with Gasteiger partial charge in [-0.15, -0.1) is 22.7 Å². The molecule has 2 heteroatoms. The van der Waals surface area contributed by atoms with Crippen molar-refractivity contribution in [1.29, 1.82) is 0 Å². The average Bonchev–Trinajstić information content (AvgIpc) is 3.42. The maximum atomic E-state index is 2.29. The molecule has 0 radical (unpaired) electrons. The van der Waals surface area contributed by atoms with Crippen LogP contribution in [0.3, 0.4) is 0 Å². The highest BCUT2D eigenvalue weighted by molar-refractivity contribution is 7.14. The Morgan fingerprint density at radius 1 is 0.423 bits per heavy atom. The lowest BCUT2D eigenvalue weighted by atomic mass is 9.98. The molecule has 2 aromatic heterocycles. The lowest BCUT2D eigenvalue weighted by molar-refractivity contribution is 1.59. The third-order valence-corrected chi connectivity index (χ3v) is 7.06. The summed E-state index contributed by atoms with van der Waals surface area (Å²) in [7, 11) is 0. The molecule has 4 aromatic rings. The molecule has 0 nitrogen and oxygen atoms in total. The number of thiophene rings is 2. The van der Waals surface area contributed by atoms with Gasteiger partial charge >= 0.3 is 0 Å². The molecule has 0 saturated carbocycles. The van der Waals surface area contributed by atoms with Crippen LogP contribution in [0.15, 0.2) is 83.6 Å². The van der Waals surface area contributed by atoms with Gasteiger partial charge in [-0.25, -0.2) is 0 Å². The number of hydrogen-bond donors (Lipinski definition) is 0. The number of benzene rings is 2. The Balaban J connectivity index is 1.76. The number of fused-ring (bicyclic) bond motifs is 5. The van der Waals surface area contributed by atoms with Crippen LogP contribution in [0.25, 0.3) is 22.3 Å². The van der Waals surface area contributed by atoms with Crippen LogP contribution in [0.5, 0.6) is 0 Å². The van der Waals surface area contributed by atoms with Crippen molar-refractivity contribution in [3.63, 3.8) is 0 Å². The first-order valence-electron chi connectivity index (χ1n) is 8.70. The molecule has 0 N–H and O–H groups in total. The van der Waals surface area contributed by atoms with E-state index in [-0.39, 0.29) is 0 Å². The summed E-state index contributed by atoms with van der Waals surface area (Å²) in [5, 5.41) is 4.46. The zero-order valence-electron chi connectivity index (χ0n) is 13.9. The second kappa shape index (κ2) is 5.41. The maximum absolute atomic E-state index is 2.29. The first kappa shape index (κ1) is 14.5. The second-order valence-corrected chi connectivity index (χ2v) is 8.39. The summed E-state index contributed by atoms with van der Waals surface area (Å²) in [4.78, 5) is 2.84. The van der Waals surface area contributed by atoms with Crippen molar-refractivity contribution in [3.05, 3.63) is 116 Å². The fourth-order valence-corrected chi connectivity index (χ4v) is 6.10. The van der Waals surface area contributed by atoms with Gasteiger partial charge < -0.3 is 0 Å². The molecule has 0 fully saturated rings. The molecule has 2 aliphatic rings. The summed E-state index contributed by atoms with van der Waals surface area (Å²) in [5.41, 5.74) is 11.1. The van der Waals surface area contributed by atoms with E-state index in [1.807, 2.05) is 22.7 Å². The van der Waals surface area contributed by atoms with Crippen molar-refractivity contribution < 1.29 is 0 Å². The lowest BCUT2D eigenvalue weighted by Crippen LogP contribution is -1.87. The minimum absolute atomic E-state index is 1.31. The van der Waals surface area contributed by atoms with Crippen molar-refractivity contribution in [2.24, 2.45) is 0 Å². The molecule has 0 atom stereocenters. The molecule has 0 spiro atoms. The summed E-state index contributed by atoms with van der Waals surface area (Å²) < 4.78 is 0. The van der Waals surface area contributed by atoms with Crippen LogP contribution >= 0.6 is 22.7 Å². The minimum atomic E-state index is 1.31. The van der Waals surface area contributed by atoms with Crippen molar-refractivity contribution in [2.75, 3.05) is 0 Å². The summed E-state index contributed by atoms with van der Waals surface area (Å²) in [5.74, 6) is 0. The van der Waals surface area contributed by atoms with E-state index >= 15 is 0 Å². The number of allylic oxidation sites excluding steroid dienone is 2. The number of rotatable bonds is 2. The predicted molar refractivity (Wildman–Crippen MR) is 113 cm³/mol. The van der Waals surface area contributed by atoms with Gasteiger partial charge in [0.2, 0.25) is 0 Å². The average molecular weight is 367 g/mol. The summed E-state index contributed by atoms with van der Waals surface area (Å²) in [6.07, 6.45) is 0. The fraction of sp³-hybridized carbons (Fsp3) is 0. The van der Waals surface area contributed by atoms with Gasteiger partial charge in [-0.2, -0.15) is 0 Å². The van der Waals surface area contributed by atoms with E-state index in [9.17, 15) is 0 Å². The Labute approximate surface area is 160 Å². The van der Waals surface area contributed by atoms with Gasteiger partial charge in [-0.3, -0.25) is 0 Å². The zero-order valence-corrected chi connectivity index (χ0v) is 15.5. The molecular weight excluding hydrogens is 352 g/mol. The van der Waals surface area contributed by atoms with Gasteiger partial charge in [0.1, 0.15) is 0 Å². The molecule has 0 amide bonds.